The highest BCUT2D eigenvalue weighted by Crippen LogP contribution is 2.12. The number of rotatable bonds is 5. The maximum atomic E-state index is 10.6. The van der Waals surface area contributed by atoms with Gasteiger partial charge in [0.2, 0.25) is 0 Å². The van der Waals surface area contributed by atoms with Gasteiger partial charge in [-0.1, -0.05) is 0 Å². The van der Waals surface area contributed by atoms with E-state index in [1.807, 2.05) is 5.38 Å². The van der Waals surface area contributed by atoms with E-state index >= 15 is 0 Å². The van der Waals surface area contributed by atoms with Gasteiger partial charge in [0.05, 0.1) is 23.4 Å². The first-order valence-corrected chi connectivity index (χ1v) is 6.03. The molecule has 1 aromatic heterocycles. The molecule has 88 valence electrons. The van der Waals surface area contributed by atoms with E-state index in [1.165, 1.54) is 12.1 Å². The molecule has 4 nitrogen and oxygen atoms in total. The van der Waals surface area contributed by atoms with Crippen LogP contribution in [0.5, 0.6) is 5.75 Å². The van der Waals surface area contributed by atoms with Crippen LogP contribution in [-0.2, 0) is 6.42 Å². The van der Waals surface area contributed by atoms with E-state index in [2.05, 4.69) is 4.98 Å². The molecule has 1 N–H and O–H groups in total. The van der Waals surface area contributed by atoms with Crippen LogP contribution in [0.4, 0.5) is 0 Å². The molecular weight excluding hydrogens is 238 g/mol. The Labute approximate surface area is 103 Å². The van der Waals surface area contributed by atoms with Gasteiger partial charge in [0, 0.05) is 11.8 Å². The van der Waals surface area contributed by atoms with Gasteiger partial charge in [-0.15, -0.1) is 11.3 Å². The monoisotopic (exact) mass is 249 g/mol. The van der Waals surface area contributed by atoms with Gasteiger partial charge in [0.25, 0.3) is 0 Å². The lowest BCUT2D eigenvalue weighted by Crippen LogP contribution is -2.02. The number of thiazole rings is 1. The number of carbonyl (C=O) groups is 1. The first-order valence-electron chi connectivity index (χ1n) is 5.09. The molecule has 0 amide bonds. The van der Waals surface area contributed by atoms with Crippen molar-refractivity contribution in [1.82, 2.24) is 4.98 Å². The molecule has 0 fully saturated rings. The number of aromatic carboxylic acids is 1. The van der Waals surface area contributed by atoms with E-state index in [0.29, 0.717) is 12.4 Å². The van der Waals surface area contributed by atoms with Crippen LogP contribution in [0.25, 0.3) is 0 Å². The number of carboxylic acids is 1. The third kappa shape index (κ3) is 3.29. The highest BCUT2D eigenvalue weighted by atomic mass is 32.1. The lowest BCUT2D eigenvalue weighted by Gasteiger charge is -2.04. The summed E-state index contributed by atoms with van der Waals surface area (Å²) in [5.74, 6) is -0.260. The summed E-state index contributed by atoms with van der Waals surface area (Å²) in [7, 11) is 0. The molecule has 0 saturated heterocycles. The number of hydrogen-bond acceptors (Lipinski definition) is 4. The van der Waals surface area contributed by atoms with Gasteiger partial charge in [-0.05, 0) is 24.3 Å². The normalized spacial score (nSPS) is 10.1. The molecular formula is C12H11NO3S. The molecule has 5 heteroatoms. The lowest BCUT2D eigenvalue weighted by molar-refractivity contribution is 0.0697. The number of hydrogen-bond donors (Lipinski definition) is 1. The first kappa shape index (κ1) is 11.6. The van der Waals surface area contributed by atoms with E-state index < -0.39 is 5.97 Å². The van der Waals surface area contributed by atoms with Gasteiger partial charge in [-0.2, -0.15) is 0 Å². The van der Waals surface area contributed by atoms with Crippen molar-refractivity contribution < 1.29 is 14.6 Å². The maximum Gasteiger partial charge on any atom is 0.335 e. The number of benzene rings is 1. The topological polar surface area (TPSA) is 59.4 Å². The molecule has 2 rings (SSSR count). The van der Waals surface area contributed by atoms with E-state index in [9.17, 15) is 4.79 Å². The fraction of sp³-hybridized carbons (Fsp3) is 0.167. The van der Waals surface area contributed by atoms with Gasteiger partial charge in [0.1, 0.15) is 5.75 Å². The second-order valence-corrected chi connectivity index (χ2v) is 4.13. The van der Waals surface area contributed by atoms with Crippen LogP contribution in [0.2, 0.25) is 0 Å². The molecule has 0 saturated carbocycles. The molecule has 1 heterocycles. The minimum Gasteiger partial charge on any atom is -0.493 e. The van der Waals surface area contributed by atoms with Gasteiger partial charge >= 0.3 is 5.97 Å². The number of aromatic nitrogens is 1. The van der Waals surface area contributed by atoms with Gasteiger partial charge in [0.15, 0.2) is 0 Å². The molecule has 0 bridgehead atoms. The highest BCUT2D eigenvalue weighted by Gasteiger charge is 2.02. The third-order valence-corrected chi connectivity index (χ3v) is 2.85. The summed E-state index contributed by atoms with van der Waals surface area (Å²) < 4.78 is 5.49. The van der Waals surface area contributed by atoms with Crippen molar-refractivity contribution in [2.75, 3.05) is 6.61 Å². The summed E-state index contributed by atoms with van der Waals surface area (Å²) in [6.45, 7) is 0.538. The summed E-state index contributed by atoms with van der Waals surface area (Å²) in [6.07, 6.45) is 0.754. The minimum absolute atomic E-state index is 0.261. The van der Waals surface area contributed by atoms with Crippen molar-refractivity contribution >= 4 is 17.3 Å². The predicted octanol–water partition coefficient (Wildman–Crippen LogP) is 2.46. The molecule has 0 aliphatic carbocycles. The Morgan fingerprint density at radius 2 is 2.12 bits per heavy atom. The number of carboxylic acid groups (broad SMARTS) is 1. The molecule has 0 aliphatic heterocycles. The van der Waals surface area contributed by atoms with Crippen molar-refractivity contribution in [1.29, 1.82) is 0 Å². The van der Waals surface area contributed by atoms with Crippen LogP contribution in [0.3, 0.4) is 0 Å². The average Bonchev–Trinajstić information content (AvgIpc) is 2.83. The summed E-state index contributed by atoms with van der Waals surface area (Å²) in [4.78, 5) is 14.8. The molecule has 0 spiro atoms. The van der Waals surface area contributed by atoms with Crippen molar-refractivity contribution in [2.24, 2.45) is 0 Å². The minimum atomic E-state index is -0.931. The summed E-state index contributed by atoms with van der Waals surface area (Å²) in [6, 6.07) is 6.37. The fourth-order valence-corrected chi connectivity index (χ4v) is 1.92. The first-order chi connectivity index (χ1) is 8.25. The summed E-state index contributed by atoms with van der Waals surface area (Å²) >= 11 is 1.56. The Kier molecular flexibility index (Phi) is 3.72. The van der Waals surface area contributed by atoms with Gasteiger partial charge in [-0.25, -0.2) is 9.78 Å². The molecule has 0 radical (unpaired) electrons. The standard InChI is InChI=1S/C12H11NO3S/c14-12(15)9-1-3-11(4-2-9)16-6-5-10-7-17-8-13-10/h1-4,7-8H,5-6H2,(H,14,15). The Hall–Kier alpha value is -1.88. The Morgan fingerprint density at radius 1 is 1.35 bits per heavy atom. The second kappa shape index (κ2) is 5.45. The van der Waals surface area contributed by atoms with Gasteiger partial charge < -0.3 is 9.84 Å². The lowest BCUT2D eigenvalue weighted by atomic mass is 10.2. The Balaban J connectivity index is 1.85. The molecule has 1 aromatic carbocycles. The van der Waals surface area contributed by atoms with Crippen molar-refractivity contribution in [3.8, 4) is 5.75 Å². The van der Waals surface area contributed by atoms with Crippen LogP contribution in [-0.4, -0.2) is 22.7 Å². The van der Waals surface area contributed by atoms with Crippen LogP contribution in [0.15, 0.2) is 35.2 Å². The largest absolute Gasteiger partial charge is 0.493 e. The van der Waals surface area contributed by atoms with E-state index in [4.69, 9.17) is 9.84 Å². The van der Waals surface area contributed by atoms with Crippen LogP contribution >= 0.6 is 11.3 Å². The Bertz CT molecular complexity index is 479. The van der Waals surface area contributed by atoms with Crippen LogP contribution < -0.4 is 4.74 Å². The van der Waals surface area contributed by atoms with E-state index in [-0.39, 0.29) is 5.56 Å². The maximum absolute atomic E-state index is 10.6. The zero-order valence-electron chi connectivity index (χ0n) is 9.00. The van der Waals surface area contributed by atoms with Crippen molar-refractivity contribution in [3.05, 3.63) is 46.4 Å². The average molecular weight is 249 g/mol. The number of nitrogens with zero attached hydrogens (tertiary/aromatic N) is 1. The Morgan fingerprint density at radius 3 is 2.71 bits per heavy atom. The molecule has 0 unspecified atom stereocenters. The van der Waals surface area contributed by atoms with E-state index in [0.717, 1.165) is 12.1 Å². The van der Waals surface area contributed by atoms with E-state index in [1.54, 1.807) is 29.0 Å². The molecule has 0 aliphatic rings. The molecule has 2 aromatic rings. The predicted molar refractivity (Wildman–Crippen MR) is 64.7 cm³/mol. The zero-order chi connectivity index (χ0) is 12.1. The summed E-state index contributed by atoms with van der Waals surface area (Å²) in [5, 5.41) is 10.7. The second-order valence-electron chi connectivity index (χ2n) is 3.41. The zero-order valence-corrected chi connectivity index (χ0v) is 9.81. The van der Waals surface area contributed by atoms with Gasteiger partial charge in [-0.3, -0.25) is 0 Å². The smallest absolute Gasteiger partial charge is 0.335 e. The number of ether oxygens (including phenoxy) is 1. The van der Waals surface area contributed by atoms with Crippen molar-refractivity contribution in [3.63, 3.8) is 0 Å². The van der Waals surface area contributed by atoms with Crippen LogP contribution in [0, 0.1) is 0 Å². The van der Waals surface area contributed by atoms with Crippen LogP contribution in [0.1, 0.15) is 16.1 Å². The molecule has 0 atom stereocenters. The molecule has 17 heavy (non-hydrogen) atoms. The SMILES string of the molecule is O=C(O)c1ccc(OCCc2cscn2)cc1. The summed E-state index contributed by atoms with van der Waals surface area (Å²) in [5.41, 5.74) is 3.06. The highest BCUT2D eigenvalue weighted by molar-refractivity contribution is 7.07. The third-order valence-electron chi connectivity index (χ3n) is 2.21. The quantitative estimate of drug-likeness (QED) is 0.884. The van der Waals surface area contributed by atoms with Crippen molar-refractivity contribution in [2.45, 2.75) is 6.42 Å². The fourth-order valence-electron chi connectivity index (χ4n) is 1.33.